The third-order valence-electron chi connectivity index (χ3n) is 4.81. The average Bonchev–Trinajstić information content (AvgIpc) is 2.72. The van der Waals surface area contributed by atoms with Gasteiger partial charge in [0.15, 0.2) is 11.5 Å². The molecule has 7 heteroatoms. The van der Waals surface area contributed by atoms with E-state index >= 15 is 0 Å². The molecule has 2 aromatic rings. The van der Waals surface area contributed by atoms with Gasteiger partial charge in [-0.1, -0.05) is 6.07 Å². The van der Waals surface area contributed by atoms with Crippen LogP contribution in [0.1, 0.15) is 24.3 Å². The van der Waals surface area contributed by atoms with Crippen molar-refractivity contribution in [2.45, 2.75) is 18.8 Å². The molecule has 7 nitrogen and oxygen atoms in total. The molecule has 28 heavy (non-hydrogen) atoms. The van der Waals surface area contributed by atoms with Crippen LogP contribution in [-0.4, -0.2) is 40.3 Å². The fourth-order valence-corrected chi connectivity index (χ4v) is 3.37. The lowest BCUT2D eigenvalue weighted by atomic mass is 9.88. The first kappa shape index (κ1) is 19.5. The molecule has 148 valence electrons. The molecule has 1 saturated heterocycles. The highest BCUT2D eigenvalue weighted by Crippen LogP contribution is 2.38. The van der Waals surface area contributed by atoms with Crippen molar-refractivity contribution in [3.63, 3.8) is 0 Å². The van der Waals surface area contributed by atoms with E-state index in [1.807, 2.05) is 12.1 Å². The first-order chi connectivity index (χ1) is 13.5. The fourth-order valence-electron chi connectivity index (χ4n) is 3.37. The molecular weight excluding hydrogens is 362 g/mol. The second-order valence-electron chi connectivity index (χ2n) is 6.41. The van der Waals surface area contributed by atoms with Crippen LogP contribution >= 0.6 is 0 Å². The molecule has 1 aliphatic rings. The second-order valence-corrected chi connectivity index (χ2v) is 6.41. The molecule has 0 radical (unpaired) electrons. The van der Waals surface area contributed by atoms with E-state index in [1.165, 1.54) is 19.1 Å². The summed E-state index contributed by atoms with van der Waals surface area (Å²) in [6.45, 7) is 0. The predicted molar refractivity (Wildman–Crippen MR) is 104 cm³/mol. The third-order valence-corrected chi connectivity index (χ3v) is 4.81. The number of benzene rings is 2. The SMILES string of the molecule is COc1cc(OC)cc(N2C(=O)CC(c3ccc(OC)c(OC)c3)CC2=O)c1. The van der Waals surface area contributed by atoms with Crippen molar-refractivity contribution in [1.29, 1.82) is 0 Å². The Kier molecular flexibility index (Phi) is 5.73. The third kappa shape index (κ3) is 3.74. The highest BCUT2D eigenvalue weighted by molar-refractivity contribution is 6.17. The first-order valence-electron chi connectivity index (χ1n) is 8.81. The van der Waals surface area contributed by atoms with E-state index in [2.05, 4.69) is 0 Å². The minimum Gasteiger partial charge on any atom is -0.497 e. The van der Waals surface area contributed by atoms with Crippen molar-refractivity contribution < 1.29 is 28.5 Å². The summed E-state index contributed by atoms with van der Waals surface area (Å²) in [7, 11) is 6.15. The largest absolute Gasteiger partial charge is 0.497 e. The number of piperidine rings is 1. The van der Waals surface area contributed by atoms with Gasteiger partial charge >= 0.3 is 0 Å². The maximum atomic E-state index is 12.8. The Balaban J connectivity index is 1.87. The van der Waals surface area contributed by atoms with E-state index < -0.39 is 0 Å². The molecule has 0 unspecified atom stereocenters. The molecule has 3 rings (SSSR count). The molecule has 1 aliphatic heterocycles. The number of rotatable bonds is 6. The van der Waals surface area contributed by atoms with E-state index in [0.717, 1.165) is 5.56 Å². The van der Waals surface area contributed by atoms with E-state index in [0.29, 0.717) is 28.7 Å². The molecule has 2 amide bonds. The van der Waals surface area contributed by atoms with Crippen molar-refractivity contribution in [1.82, 2.24) is 0 Å². The van der Waals surface area contributed by atoms with Gasteiger partial charge in [-0.15, -0.1) is 0 Å². The van der Waals surface area contributed by atoms with Crippen LogP contribution in [-0.2, 0) is 9.59 Å². The number of amides is 2. The zero-order chi connectivity index (χ0) is 20.3. The van der Waals surface area contributed by atoms with E-state index in [1.54, 1.807) is 38.5 Å². The van der Waals surface area contributed by atoms with Crippen LogP contribution < -0.4 is 23.8 Å². The van der Waals surface area contributed by atoms with Crippen molar-refractivity contribution in [2.24, 2.45) is 0 Å². The number of nitrogens with zero attached hydrogens (tertiary/aromatic N) is 1. The van der Waals surface area contributed by atoms with Crippen molar-refractivity contribution in [3.8, 4) is 23.0 Å². The Hall–Kier alpha value is -3.22. The highest BCUT2D eigenvalue weighted by Gasteiger charge is 2.35. The van der Waals surface area contributed by atoms with Gasteiger partial charge < -0.3 is 18.9 Å². The quantitative estimate of drug-likeness (QED) is 0.711. The summed E-state index contributed by atoms with van der Waals surface area (Å²) >= 11 is 0. The smallest absolute Gasteiger partial charge is 0.234 e. The zero-order valence-electron chi connectivity index (χ0n) is 16.4. The normalized spacial score (nSPS) is 14.8. The maximum Gasteiger partial charge on any atom is 0.234 e. The summed E-state index contributed by atoms with van der Waals surface area (Å²) in [5.74, 6) is 1.43. The van der Waals surface area contributed by atoms with Crippen molar-refractivity contribution in [3.05, 3.63) is 42.0 Å². The summed E-state index contributed by atoms with van der Waals surface area (Å²) in [6, 6.07) is 10.4. The fraction of sp³-hybridized carbons (Fsp3) is 0.333. The lowest BCUT2D eigenvalue weighted by Gasteiger charge is -2.30. The maximum absolute atomic E-state index is 12.8. The van der Waals surface area contributed by atoms with Gasteiger partial charge in [-0.25, -0.2) is 0 Å². The number of ether oxygens (including phenoxy) is 4. The zero-order valence-corrected chi connectivity index (χ0v) is 16.4. The topological polar surface area (TPSA) is 74.3 Å². The molecular formula is C21H23NO6. The van der Waals surface area contributed by atoms with Gasteiger partial charge in [0.05, 0.1) is 34.1 Å². The monoisotopic (exact) mass is 385 g/mol. The van der Waals surface area contributed by atoms with E-state index in [4.69, 9.17) is 18.9 Å². The highest BCUT2D eigenvalue weighted by atomic mass is 16.5. The standard InChI is InChI=1S/C21H23NO6/c1-25-16-10-15(11-17(12-16)26-2)22-20(23)8-14(9-21(22)24)13-5-6-18(27-3)19(7-13)28-4/h5-7,10-12,14H,8-9H2,1-4H3. The average molecular weight is 385 g/mol. The molecule has 0 aromatic heterocycles. The first-order valence-corrected chi connectivity index (χ1v) is 8.81. The van der Waals surface area contributed by atoms with Crippen LogP contribution in [0.4, 0.5) is 5.69 Å². The Morgan fingerprint density at radius 2 is 1.32 bits per heavy atom. The molecule has 0 saturated carbocycles. The minimum absolute atomic E-state index is 0.209. The lowest BCUT2D eigenvalue weighted by Crippen LogP contribution is -2.42. The number of anilines is 1. The molecule has 0 aliphatic carbocycles. The Bertz CT molecular complexity index is 854. The van der Waals surface area contributed by atoms with Crippen LogP contribution in [0.15, 0.2) is 36.4 Å². The summed E-state index contributed by atoms with van der Waals surface area (Å²) in [5.41, 5.74) is 1.30. The van der Waals surface area contributed by atoms with E-state index in [-0.39, 0.29) is 30.6 Å². The number of carbonyl (C=O) groups excluding carboxylic acids is 2. The van der Waals surface area contributed by atoms with Crippen LogP contribution in [0, 0.1) is 0 Å². The van der Waals surface area contributed by atoms with Gasteiger partial charge in [-0.05, 0) is 17.7 Å². The van der Waals surface area contributed by atoms with E-state index in [9.17, 15) is 9.59 Å². The molecule has 1 heterocycles. The molecule has 2 aromatic carbocycles. The van der Waals surface area contributed by atoms with Gasteiger partial charge in [0.1, 0.15) is 11.5 Å². The molecule has 1 fully saturated rings. The summed E-state index contributed by atoms with van der Waals surface area (Å²) in [6.07, 6.45) is 0.418. The Labute approximate surface area is 163 Å². The van der Waals surface area contributed by atoms with Gasteiger partial charge in [0, 0.05) is 37.0 Å². The van der Waals surface area contributed by atoms with Crippen LogP contribution in [0.25, 0.3) is 0 Å². The predicted octanol–water partition coefficient (Wildman–Crippen LogP) is 3.16. The lowest BCUT2D eigenvalue weighted by molar-refractivity contribution is -0.129. The Morgan fingerprint density at radius 1 is 0.750 bits per heavy atom. The molecule has 0 atom stereocenters. The van der Waals surface area contributed by atoms with Gasteiger partial charge in [-0.2, -0.15) is 0 Å². The molecule has 0 spiro atoms. The second kappa shape index (κ2) is 8.21. The number of carbonyl (C=O) groups is 2. The number of methoxy groups -OCH3 is 4. The van der Waals surface area contributed by atoms with Crippen LogP contribution in [0.3, 0.4) is 0 Å². The van der Waals surface area contributed by atoms with Crippen LogP contribution in [0.5, 0.6) is 23.0 Å². The minimum atomic E-state index is -0.272. The molecule has 0 N–H and O–H groups in total. The summed E-state index contributed by atoms with van der Waals surface area (Å²) < 4.78 is 21.1. The summed E-state index contributed by atoms with van der Waals surface area (Å²) in [4.78, 5) is 26.9. The van der Waals surface area contributed by atoms with Crippen molar-refractivity contribution in [2.75, 3.05) is 33.3 Å². The van der Waals surface area contributed by atoms with Crippen molar-refractivity contribution >= 4 is 17.5 Å². The molecule has 0 bridgehead atoms. The number of imide groups is 1. The van der Waals surface area contributed by atoms with Gasteiger partial charge in [0.25, 0.3) is 0 Å². The Morgan fingerprint density at radius 3 is 1.82 bits per heavy atom. The number of hydrogen-bond donors (Lipinski definition) is 0. The van der Waals surface area contributed by atoms with Gasteiger partial charge in [0.2, 0.25) is 11.8 Å². The van der Waals surface area contributed by atoms with Gasteiger partial charge in [-0.3, -0.25) is 14.5 Å². The van der Waals surface area contributed by atoms with Crippen LogP contribution in [0.2, 0.25) is 0 Å². The summed E-state index contributed by atoms with van der Waals surface area (Å²) in [5, 5.41) is 0. The number of hydrogen-bond acceptors (Lipinski definition) is 6.